The second kappa shape index (κ2) is 9.15. The van der Waals surface area contributed by atoms with Crippen LogP contribution in [0.25, 0.3) is 0 Å². The van der Waals surface area contributed by atoms with Crippen molar-refractivity contribution in [2.24, 2.45) is 0 Å². The maximum absolute atomic E-state index is 9.70. The largest absolute Gasteiger partial charge is 0.396 e. The Hall–Kier alpha value is -0.440. The Morgan fingerprint density at radius 3 is 2.00 bits per heavy atom. The lowest BCUT2D eigenvalue weighted by Crippen LogP contribution is -2.60. The van der Waals surface area contributed by atoms with Gasteiger partial charge >= 0.3 is 0 Å². The molecule has 9 N–H and O–H groups in total. The molecule has 1 rings (SSSR count). The van der Waals surface area contributed by atoms with Gasteiger partial charge in [0.2, 0.25) is 0 Å². The Labute approximate surface area is 131 Å². The van der Waals surface area contributed by atoms with Gasteiger partial charge in [-0.05, 0) is 6.42 Å². The van der Waals surface area contributed by atoms with Gasteiger partial charge in [0.25, 0.3) is 0 Å². The molecule has 0 saturated carbocycles. The van der Waals surface area contributed by atoms with Crippen molar-refractivity contribution < 1.29 is 55.4 Å². The molecule has 23 heavy (non-hydrogen) atoms. The van der Waals surface area contributed by atoms with Gasteiger partial charge in [-0.1, -0.05) is 0 Å². The molecule has 0 aromatic heterocycles. The summed E-state index contributed by atoms with van der Waals surface area (Å²) in [4.78, 5) is 0. The first-order valence-electron chi connectivity index (χ1n) is 7.03. The molecule has 0 aliphatic carbocycles. The van der Waals surface area contributed by atoms with Crippen molar-refractivity contribution in [1.29, 1.82) is 0 Å². The van der Waals surface area contributed by atoms with E-state index < -0.39 is 68.5 Å². The molecule has 1 saturated heterocycles. The van der Waals surface area contributed by atoms with Gasteiger partial charge in [0.05, 0.1) is 12.7 Å². The molecular formula is C12H24O11. The summed E-state index contributed by atoms with van der Waals surface area (Å²) < 4.78 is 9.73. The highest BCUT2D eigenvalue weighted by Gasteiger charge is 2.45. The van der Waals surface area contributed by atoms with Gasteiger partial charge < -0.3 is 55.4 Å². The van der Waals surface area contributed by atoms with E-state index in [4.69, 9.17) is 19.7 Å². The minimum atomic E-state index is -2.13. The van der Waals surface area contributed by atoms with Crippen molar-refractivity contribution in [3.05, 3.63) is 0 Å². The molecule has 0 aromatic rings. The molecular weight excluding hydrogens is 320 g/mol. The molecule has 0 amide bonds. The molecule has 1 fully saturated rings. The van der Waals surface area contributed by atoms with Crippen LogP contribution in [0.3, 0.4) is 0 Å². The Morgan fingerprint density at radius 2 is 1.48 bits per heavy atom. The van der Waals surface area contributed by atoms with E-state index in [0.29, 0.717) is 0 Å². The van der Waals surface area contributed by atoms with E-state index in [2.05, 4.69) is 0 Å². The van der Waals surface area contributed by atoms with Crippen LogP contribution in [0, 0.1) is 0 Å². The second-order valence-electron chi connectivity index (χ2n) is 5.28. The summed E-state index contributed by atoms with van der Waals surface area (Å²) in [6.07, 6.45) is -15.9. The fourth-order valence-electron chi connectivity index (χ4n) is 2.10. The first-order valence-corrected chi connectivity index (χ1v) is 7.03. The number of hydrogen-bond donors (Lipinski definition) is 9. The van der Waals surface area contributed by atoms with E-state index in [-0.39, 0.29) is 6.42 Å². The molecule has 1 heterocycles. The number of ether oxygens (including phenoxy) is 2. The predicted molar refractivity (Wildman–Crippen MR) is 70.6 cm³/mol. The lowest BCUT2D eigenvalue weighted by Gasteiger charge is -2.40. The summed E-state index contributed by atoms with van der Waals surface area (Å²) in [7, 11) is 0. The summed E-state index contributed by atoms with van der Waals surface area (Å²) in [5.41, 5.74) is 0. The standard InChI is InChI=1S/C12H24O11/c13-2-1-4(15)6(16)9(19)11(21)23-12-10(20)8(18)7(17)5(3-14)22-12/h4-21H,1-3H2/t4-,5+,6-,7+,8-,9+,10+,11+,12+/m0/s1. The Morgan fingerprint density at radius 1 is 0.870 bits per heavy atom. The lowest BCUT2D eigenvalue weighted by molar-refractivity contribution is -0.346. The molecule has 1 aliphatic heterocycles. The monoisotopic (exact) mass is 344 g/mol. The molecule has 0 spiro atoms. The highest BCUT2D eigenvalue weighted by Crippen LogP contribution is 2.23. The van der Waals surface area contributed by atoms with Crippen LogP contribution in [0.15, 0.2) is 0 Å². The third-order valence-electron chi connectivity index (χ3n) is 3.58. The molecule has 138 valence electrons. The molecule has 1 aliphatic rings. The topological polar surface area (TPSA) is 201 Å². The van der Waals surface area contributed by atoms with Crippen LogP contribution < -0.4 is 0 Å². The van der Waals surface area contributed by atoms with Crippen molar-refractivity contribution in [2.45, 2.75) is 61.7 Å². The quantitative estimate of drug-likeness (QED) is 0.190. The van der Waals surface area contributed by atoms with Crippen LogP contribution in [-0.4, -0.2) is 114 Å². The van der Waals surface area contributed by atoms with Gasteiger partial charge in [-0.25, -0.2) is 0 Å². The molecule has 0 aromatic carbocycles. The van der Waals surface area contributed by atoms with Crippen LogP contribution in [0.1, 0.15) is 6.42 Å². The molecule has 11 heteroatoms. The van der Waals surface area contributed by atoms with E-state index in [9.17, 15) is 35.7 Å². The van der Waals surface area contributed by atoms with Gasteiger partial charge in [-0.2, -0.15) is 0 Å². The molecule has 0 radical (unpaired) electrons. The fraction of sp³-hybridized carbons (Fsp3) is 1.00. The van der Waals surface area contributed by atoms with Crippen molar-refractivity contribution >= 4 is 0 Å². The van der Waals surface area contributed by atoms with Gasteiger partial charge in [0, 0.05) is 6.61 Å². The second-order valence-corrected chi connectivity index (χ2v) is 5.28. The van der Waals surface area contributed by atoms with E-state index in [1.807, 2.05) is 0 Å². The Kier molecular flexibility index (Phi) is 8.20. The molecule has 9 atom stereocenters. The van der Waals surface area contributed by atoms with Crippen LogP contribution >= 0.6 is 0 Å². The number of aliphatic hydroxyl groups is 9. The maximum Gasteiger partial charge on any atom is 0.189 e. The average molecular weight is 344 g/mol. The maximum atomic E-state index is 9.70. The van der Waals surface area contributed by atoms with Crippen LogP contribution in [-0.2, 0) is 9.47 Å². The van der Waals surface area contributed by atoms with E-state index in [1.165, 1.54) is 0 Å². The minimum absolute atomic E-state index is 0.259. The third-order valence-corrected chi connectivity index (χ3v) is 3.58. The zero-order valence-corrected chi connectivity index (χ0v) is 12.2. The van der Waals surface area contributed by atoms with Crippen LogP contribution in [0.2, 0.25) is 0 Å². The van der Waals surface area contributed by atoms with Crippen LogP contribution in [0.5, 0.6) is 0 Å². The summed E-state index contributed by atoms with van der Waals surface area (Å²) in [6, 6.07) is 0. The van der Waals surface area contributed by atoms with Crippen molar-refractivity contribution in [1.82, 2.24) is 0 Å². The Bertz CT molecular complexity index is 341. The van der Waals surface area contributed by atoms with Gasteiger partial charge in [0.15, 0.2) is 12.6 Å². The summed E-state index contributed by atoms with van der Waals surface area (Å²) in [6.45, 7) is -1.17. The highest BCUT2D eigenvalue weighted by molar-refractivity contribution is 4.89. The summed E-state index contributed by atoms with van der Waals surface area (Å²) in [5.74, 6) is 0. The first-order chi connectivity index (χ1) is 10.7. The minimum Gasteiger partial charge on any atom is -0.396 e. The normalized spacial score (nSPS) is 37.2. The van der Waals surface area contributed by atoms with E-state index in [1.54, 1.807) is 0 Å². The molecule has 0 unspecified atom stereocenters. The average Bonchev–Trinajstić information content (AvgIpc) is 2.53. The molecule has 11 nitrogen and oxygen atoms in total. The van der Waals surface area contributed by atoms with Crippen molar-refractivity contribution in [3.8, 4) is 0 Å². The zero-order chi connectivity index (χ0) is 17.7. The smallest absolute Gasteiger partial charge is 0.189 e. The third kappa shape index (κ3) is 5.01. The predicted octanol–water partition coefficient (Wildman–Crippen LogP) is -5.41. The van der Waals surface area contributed by atoms with Gasteiger partial charge in [-0.15, -0.1) is 0 Å². The van der Waals surface area contributed by atoms with Gasteiger partial charge in [0.1, 0.15) is 36.6 Å². The van der Waals surface area contributed by atoms with Crippen molar-refractivity contribution in [2.75, 3.05) is 13.2 Å². The summed E-state index contributed by atoms with van der Waals surface area (Å²) >= 11 is 0. The molecule has 0 bridgehead atoms. The number of rotatable bonds is 8. The number of aliphatic hydroxyl groups excluding tert-OH is 9. The van der Waals surface area contributed by atoms with Crippen molar-refractivity contribution in [3.63, 3.8) is 0 Å². The SMILES string of the molecule is OCC[C@H](O)[C@H](O)[C@@H](O)[C@H](O)O[C@H]1O[C@H](CO)[C@@H](O)[C@H](O)[C@H]1O. The lowest BCUT2D eigenvalue weighted by atomic mass is 9.99. The first kappa shape index (κ1) is 20.6. The summed E-state index contributed by atoms with van der Waals surface area (Å²) in [5, 5.41) is 84.9. The Balaban J connectivity index is 2.66. The van der Waals surface area contributed by atoms with E-state index >= 15 is 0 Å². The van der Waals surface area contributed by atoms with Gasteiger partial charge in [-0.3, -0.25) is 0 Å². The van der Waals surface area contributed by atoms with E-state index in [0.717, 1.165) is 0 Å². The zero-order valence-electron chi connectivity index (χ0n) is 12.2. The highest BCUT2D eigenvalue weighted by atomic mass is 16.8. The fourth-order valence-corrected chi connectivity index (χ4v) is 2.10. The number of hydrogen-bond acceptors (Lipinski definition) is 11. The van der Waals surface area contributed by atoms with Crippen LogP contribution in [0.4, 0.5) is 0 Å².